The molecule has 0 unspecified atom stereocenters. The first-order valence-corrected chi connectivity index (χ1v) is 9.29. The van der Waals surface area contributed by atoms with Crippen LogP contribution in [0.4, 0.5) is 5.69 Å². The van der Waals surface area contributed by atoms with Crippen molar-refractivity contribution in [1.82, 2.24) is 15.0 Å². The summed E-state index contributed by atoms with van der Waals surface area (Å²) in [6.07, 6.45) is 1.24. The summed E-state index contributed by atoms with van der Waals surface area (Å²) < 4.78 is 0. The second-order valence-corrected chi connectivity index (χ2v) is 6.85. The Morgan fingerprint density at radius 2 is 1.36 bits per heavy atom. The average molecular weight is 386 g/mol. The van der Waals surface area contributed by atoms with Crippen LogP contribution in [0.15, 0.2) is 95.2 Å². The van der Waals surface area contributed by atoms with Gasteiger partial charge in [0, 0.05) is 17.2 Å². The predicted octanol–water partition coefficient (Wildman–Crippen LogP) is 5.27. The van der Waals surface area contributed by atoms with E-state index in [0.717, 1.165) is 22.5 Å². The fraction of sp³-hybridized carbons (Fsp3) is 0. The SMILES string of the molecule is O=[N+]([O-])c1ccc(Sc2nc(-c3ccccc3)cc(-c3ccccc3)n2)nc1. The maximum Gasteiger partial charge on any atom is 0.287 e. The lowest BCUT2D eigenvalue weighted by Gasteiger charge is -2.08. The van der Waals surface area contributed by atoms with E-state index in [1.807, 2.05) is 66.7 Å². The van der Waals surface area contributed by atoms with Crippen LogP contribution >= 0.6 is 11.8 Å². The predicted molar refractivity (Wildman–Crippen MR) is 108 cm³/mol. The summed E-state index contributed by atoms with van der Waals surface area (Å²) in [6.45, 7) is 0. The molecule has 6 nitrogen and oxygen atoms in total. The molecule has 0 fully saturated rings. The first kappa shape index (κ1) is 17.8. The van der Waals surface area contributed by atoms with E-state index in [1.54, 1.807) is 6.07 Å². The monoisotopic (exact) mass is 386 g/mol. The van der Waals surface area contributed by atoms with E-state index in [1.165, 1.54) is 24.0 Å². The van der Waals surface area contributed by atoms with Gasteiger partial charge in [-0.05, 0) is 23.9 Å². The molecule has 7 heteroatoms. The van der Waals surface area contributed by atoms with Crippen molar-refractivity contribution < 1.29 is 4.92 Å². The number of nitrogens with zero attached hydrogens (tertiary/aromatic N) is 4. The molecule has 0 N–H and O–H groups in total. The van der Waals surface area contributed by atoms with Crippen LogP contribution < -0.4 is 0 Å². The van der Waals surface area contributed by atoms with Crippen molar-refractivity contribution in [2.45, 2.75) is 10.2 Å². The van der Waals surface area contributed by atoms with Crippen LogP contribution in [0, 0.1) is 10.1 Å². The van der Waals surface area contributed by atoms with Crippen LogP contribution in [-0.4, -0.2) is 19.9 Å². The van der Waals surface area contributed by atoms with Gasteiger partial charge in [-0.25, -0.2) is 15.0 Å². The largest absolute Gasteiger partial charge is 0.287 e. The van der Waals surface area contributed by atoms with Gasteiger partial charge in [-0.1, -0.05) is 60.7 Å². The Bertz CT molecular complexity index is 1050. The standard InChI is InChI=1S/C21H14N4O2S/c26-25(27)17-11-12-20(22-14-17)28-21-23-18(15-7-3-1-4-8-15)13-19(24-21)16-9-5-2-6-10-16/h1-14H. The van der Waals surface area contributed by atoms with Gasteiger partial charge in [0.25, 0.3) is 5.69 Å². The maximum atomic E-state index is 10.8. The highest BCUT2D eigenvalue weighted by molar-refractivity contribution is 7.99. The summed E-state index contributed by atoms with van der Waals surface area (Å²) in [5, 5.41) is 11.9. The van der Waals surface area contributed by atoms with Crippen molar-refractivity contribution in [3.8, 4) is 22.5 Å². The van der Waals surface area contributed by atoms with E-state index in [2.05, 4.69) is 15.0 Å². The van der Waals surface area contributed by atoms with Crippen molar-refractivity contribution in [3.63, 3.8) is 0 Å². The third-order valence-electron chi connectivity index (χ3n) is 3.97. The first-order valence-electron chi connectivity index (χ1n) is 8.47. The Labute approximate surface area is 165 Å². The van der Waals surface area contributed by atoms with Gasteiger partial charge in [0.2, 0.25) is 0 Å². The second kappa shape index (κ2) is 7.98. The number of nitro groups is 1. The summed E-state index contributed by atoms with van der Waals surface area (Å²) in [4.78, 5) is 23.8. The molecule has 2 aromatic carbocycles. The van der Waals surface area contributed by atoms with Crippen LogP contribution in [0.25, 0.3) is 22.5 Å². The molecular formula is C21H14N4O2S. The van der Waals surface area contributed by atoms with Crippen LogP contribution in [0.3, 0.4) is 0 Å². The number of aromatic nitrogens is 3. The molecule has 0 radical (unpaired) electrons. The molecule has 0 aliphatic rings. The molecule has 0 atom stereocenters. The molecular weight excluding hydrogens is 372 g/mol. The number of rotatable bonds is 5. The Balaban J connectivity index is 1.74. The molecule has 0 saturated carbocycles. The summed E-state index contributed by atoms with van der Waals surface area (Å²) in [7, 11) is 0. The Hall–Kier alpha value is -3.58. The molecule has 4 aromatic rings. The van der Waals surface area contributed by atoms with E-state index in [0.29, 0.717) is 10.2 Å². The number of hydrogen-bond donors (Lipinski definition) is 0. The highest BCUT2D eigenvalue weighted by Gasteiger charge is 2.12. The summed E-state index contributed by atoms with van der Waals surface area (Å²) in [6, 6.07) is 24.7. The summed E-state index contributed by atoms with van der Waals surface area (Å²) >= 11 is 1.27. The molecule has 0 amide bonds. The minimum atomic E-state index is -0.471. The van der Waals surface area contributed by atoms with Gasteiger partial charge in [-0.2, -0.15) is 0 Å². The van der Waals surface area contributed by atoms with Crippen molar-refractivity contribution >= 4 is 17.4 Å². The zero-order chi connectivity index (χ0) is 19.3. The minimum absolute atomic E-state index is 0.0479. The van der Waals surface area contributed by atoms with Crippen molar-refractivity contribution in [3.05, 3.63) is 95.2 Å². The Kier molecular flexibility index (Phi) is 5.07. The van der Waals surface area contributed by atoms with Crippen LogP contribution in [0.5, 0.6) is 0 Å². The molecule has 0 aliphatic heterocycles. The quantitative estimate of drug-likeness (QED) is 0.264. The van der Waals surface area contributed by atoms with Gasteiger partial charge >= 0.3 is 0 Å². The van der Waals surface area contributed by atoms with E-state index in [-0.39, 0.29) is 5.69 Å². The normalized spacial score (nSPS) is 10.6. The first-order chi connectivity index (χ1) is 13.7. The van der Waals surface area contributed by atoms with Crippen LogP contribution in [0.1, 0.15) is 0 Å². The zero-order valence-electron chi connectivity index (χ0n) is 14.6. The smallest absolute Gasteiger partial charge is 0.258 e. The van der Waals surface area contributed by atoms with Gasteiger partial charge in [-0.3, -0.25) is 10.1 Å². The molecule has 2 heterocycles. The van der Waals surface area contributed by atoms with Crippen molar-refractivity contribution in [2.75, 3.05) is 0 Å². The van der Waals surface area contributed by atoms with Gasteiger partial charge in [0.05, 0.1) is 16.3 Å². The van der Waals surface area contributed by atoms with E-state index in [4.69, 9.17) is 0 Å². The third kappa shape index (κ3) is 4.05. The number of pyridine rings is 1. The lowest BCUT2D eigenvalue weighted by atomic mass is 10.1. The molecule has 0 spiro atoms. The molecule has 0 saturated heterocycles. The molecule has 4 rings (SSSR count). The maximum absolute atomic E-state index is 10.8. The molecule has 0 bridgehead atoms. The Morgan fingerprint density at radius 1 is 0.786 bits per heavy atom. The Morgan fingerprint density at radius 3 is 1.82 bits per heavy atom. The minimum Gasteiger partial charge on any atom is -0.258 e. The molecule has 136 valence electrons. The van der Waals surface area contributed by atoms with Gasteiger partial charge in [0.1, 0.15) is 11.2 Å². The van der Waals surface area contributed by atoms with Crippen LogP contribution in [-0.2, 0) is 0 Å². The van der Waals surface area contributed by atoms with Gasteiger partial charge in [0.15, 0.2) is 5.16 Å². The fourth-order valence-electron chi connectivity index (χ4n) is 2.62. The highest BCUT2D eigenvalue weighted by Crippen LogP contribution is 2.30. The lowest BCUT2D eigenvalue weighted by molar-refractivity contribution is -0.385. The topological polar surface area (TPSA) is 81.8 Å². The summed E-state index contributed by atoms with van der Waals surface area (Å²) in [5.41, 5.74) is 3.53. The molecule has 2 aromatic heterocycles. The average Bonchev–Trinajstić information content (AvgIpc) is 2.75. The summed E-state index contributed by atoms with van der Waals surface area (Å²) in [5.74, 6) is 0. The van der Waals surface area contributed by atoms with Crippen molar-refractivity contribution in [2.24, 2.45) is 0 Å². The van der Waals surface area contributed by atoms with Crippen molar-refractivity contribution in [1.29, 1.82) is 0 Å². The lowest BCUT2D eigenvalue weighted by Crippen LogP contribution is -1.95. The zero-order valence-corrected chi connectivity index (χ0v) is 15.4. The highest BCUT2D eigenvalue weighted by atomic mass is 32.2. The van der Waals surface area contributed by atoms with Gasteiger partial charge < -0.3 is 0 Å². The molecule has 28 heavy (non-hydrogen) atoms. The molecule has 0 aliphatic carbocycles. The van der Waals surface area contributed by atoms with E-state index in [9.17, 15) is 10.1 Å². The number of benzene rings is 2. The second-order valence-electron chi connectivity index (χ2n) is 5.87. The van der Waals surface area contributed by atoms with E-state index >= 15 is 0 Å². The van der Waals surface area contributed by atoms with Crippen LogP contribution in [0.2, 0.25) is 0 Å². The number of hydrogen-bond acceptors (Lipinski definition) is 6. The van der Waals surface area contributed by atoms with E-state index < -0.39 is 4.92 Å². The fourth-order valence-corrected chi connectivity index (χ4v) is 3.34. The van der Waals surface area contributed by atoms with Gasteiger partial charge in [-0.15, -0.1) is 0 Å². The third-order valence-corrected chi connectivity index (χ3v) is 4.79.